The van der Waals surface area contributed by atoms with E-state index in [1.165, 1.54) is 22.4 Å². The summed E-state index contributed by atoms with van der Waals surface area (Å²) in [4.78, 5) is 25.9. The van der Waals surface area contributed by atoms with E-state index in [-0.39, 0.29) is 0 Å². The van der Waals surface area contributed by atoms with Crippen LogP contribution in [0.3, 0.4) is 0 Å². The van der Waals surface area contributed by atoms with Crippen molar-refractivity contribution in [3.8, 4) is 23.1 Å². The standard InChI is InChI=1S/C20H17N5O4S/c1-27-16-9-13-14(10-17(16)28-2)22-6-5-15(13)29-18-4-3-12(11-24-18)25(19(21)26)20-23-7-8-30-20/h3-11H,1-2H3,(H2,21,26). The largest absolute Gasteiger partial charge is 0.493 e. The van der Waals surface area contributed by atoms with Crippen molar-refractivity contribution in [2.45, 2.75) is 0 Å². The summed E-state index contributed by atoms with van der Waals surface area (Å²) in [6.45, 7) is 0. The van der Waals surface area contributed by atoms with Crippen LogP contribution in [0.4, 0.5) is 15.6 Å². The summed E-state index contributed by atoms with van der Waals surface area (Å²) in [7, 11) is 3.13. The Morgan fingerprint density at radius 2 is 1.80 bits per heavy atom. The molecule has 2 amide bonds. The lowest BCUT2D eigenvalue weighted by Gasteiger charge is -2.17. The number of primary amides is 1. The number of rotatable bonds is 6. The summed E-state index contributed by atoms with van der Waals surface area (Å²) >= 11 is 1.29. The summed E-state index contributed by atoms with van der Waals surface area (Å²) in [5.41, 5.74) is 6.67. The Kier molecular flexibility index (Phi) is 5.31. The molecule has 30 heavy (non-hydrogen) atoms. The van der Waals surface area contributed by atoms with E-state index in [9.17, 15) is 4.79 Å². The number of carbonyl (C=O) groups excluding carboxylic acids is 1. The van der Waals surface area contributed by atoms with Gasteiger partial charge in [0.1, 0.15) is 5.75 Å². The highest BCUT2D eigenvalue weighted by Gasteiger charge is 2.18. The number of amides is 2. The number of hydrogen-bond donors (Lipinski definition) is 1. The van der Waals surface area contributed by atoms with Crippen molar-refractivity contribution in [2.24, 2.45) is 5.73 Å². The highest BCUT2D eigenvalue weighted by molar-refractivity contribution is 7.13. The molecule has 0 saturated heterocycles. The predicted molar refractivity (Wildman–Crippen MR) is 113 cm³/mol. The molecule has 0 radical (unpaired) electrons. The highest BCUT2D eigenvalue weighted by Crippen LogP contribution is 2.37. The van der Waals surface area contributed by atoms with Gasteiger partial charge in [-0.25, -0.2) is 19.7 Å². The Labute approximate surface area is 175 Å². The van der Waals surface area contributed by atoms with Crippen LogP contribution in [0.1, 0.15) is 0 Å². The third-order valence-corrected chi connectivity index (χ3v) is 4.99. The third-order valence-electron chi connectivity index (χ3n) is 4.23. The van der Waals surface area contributed by atoms with Crippen molar-refractivity contribution in [3.05, 3.63) is 54.3 Å². The molecule has 3 heterocycles. The van der Waals surface area contributed by atoms with E-state index in [4.69, 9.17) is 19.9 Å². The van der Waals surface area contributed by atoms with Gasteiger partial charge in [0, 0.05) is 35.3 Å². The normalized spacial score (nSPS) is 10.6. The zero-order chi connectivity index (χ0) is 21.1. The van der Waals surface area contributed by atoms with Gasteiger partial charge in [0.2, 0.25) is 5.88 Å². The number of fused-ring (bicyclic) bond motifs is 1. The molecular weight excluding hydrogens is 406 g/mol. The second kappa shape index (κ2) is 8.21. The number of urea groups is 1. The van der Waals surface area contributed by atoms with Gasteiger partial charge in [-0.05, 0) is 18.2 Å². The van der Waals surface area contributed by atoms with Crippen LogP contribution in [0.5, 0.6) is 23.1 Å². The van der Waals surface area contributed by atoms with E-state index in [1.807, 2.05) is 0 Å². The van der Waals surface area contributed by atoms with E-state index < -0.39 is 6.03 Å². The number of nitrogens with zero attached hydrogens (tertiary/aromatic N) is 4. The SMILES string of the molecule is COc1cc2nccc(Oc3ccc(N(C(N)=O)c4nccs4)cn3)c2cc1OC. The van der Waals surface area contributed by atoms with E-state index in [0.717, 1.165) is 5.39 Å². The Hall–Kier alpha value is -3.92. The lowest BCUT2D eigenvalue weighted by Crippen LogP contribution is -2.31. The summed E-state index contributed by atoms with van der Waals surface area (Å²) in [5.74, 6) is 2.02. The van der Waals surface area contributed by atoms with Crippen LogP contribution in [-0.4, -0.2) is 35.2 Å². The van der Waals surface area contributed by atoms with E-state index in [1.54, 1.807) is 62.3 Å². The van der Waals surface area contributed by atoms with E-state index in [0.29, 0.717) is 39.5 Å². The Bertz CT molecular complexity index is 1180. The fraction of sp³-hybridized carbons (Fsp3) is 0.100. The van der Waals surface area contributed by atoms with Crippen LogP contribution in [-0.2, 0) is 0 Å². The molecule has 0 bridgehead atoms. The van der Waals surface area contributed by atoms with Crippen LogP contribution >= 0.6 is 11.3 Å². The zero-order valence-electron chi connectivity index (χ0n) is 16.1. The molecule has 0 unspecified atom stereocenters. The topological polar surface area (TPSA) is 113 Å². The van der Waals surface area contributed by atoms with Gasteiger partial charge in [0.25, 0.3) is 0 Å². The molecule has 0 aliphatic rings. The predicted octanol–water partition coefficient (Wildman–Crippen LogP) is 4.11. The smallest absolute Gasteiger partial charge is 0.325 e. The van der Waals surface area contributed by atoms with Crippen molar-refractivity contribution >= 4 is 39.1 Å². The van der Waals surface area contributed by atoms with Gasteiger partial charge in [0.15, 0.2) is 16.6 Å². The van der Waals surface area contributed by atoms with Crippen molar-refractivity contribution in [1.29, 1.82) is 0 Å². The number of benzene rings is 1. The maximum atomic E-state index is 11.9. The minimum absolute atomic E-state index is 0.338. The molecule has 2 N–H and O–H groups in total. The fourth-order valence-electron chi connectivity index (χ4n) is 2.87. The van der Waals surface area contributed by atoms with Gasteiger partial charge in [-0.2, -0.15) is 0 Å². The molecule has 0 saturated carbocycles. The van der Waals surface area contributed by atoms with E-state index >= 15 is 0 Å². The lowest BCUT2D eigenvalue weighted by atomic mass is 10.2. The van der Waals surface area contributed by atoms with Gasteiger partial charge in [0.05, 0.1) is 31.6 Å². The molecule has 10 heteroatoms. The molecule has 4 rings (SSSR count). The first kappa shape index (κ1) is 19.4. The first-order valence-corrected chi connectivity index (χ1v) is 9.62. The summed E-state index contributed by atoms with van der Waals surface area (Å²) in [6, 6.07) is 7.97. The van der Waals surface area contributed by atoms with Gasteiger partial charge in [-0.3, -0.25) is 4.98 Å². The molecular formula is C20H17N5O4S. The van der Waals surface area contributed by atoms with Crippen molar-refractivity contribution in [3.63, 3.8) is 0 Å². The van der Waals surface area contributed by atoms with Crippen LogP contribution < -0.4 is 24.8 Å². The molecule has 9 nitrogen and oxygen atoms in total. The number of nitrogens with two attached hydrogens (primary N) is 1. The van der Waals surface area contributed by atoms with Crippen molar-refractivity contribution in [2.75, 3.05) is 19.1 Å². The summed E-state index contributed by atoms with van der Waals surface area (Å²) in [5, 5.41) is 2.95. The average Bonchev–Trinajstić information content (AvgIpc) is 3.28. The lowest BCUT2D eigenvalue weighted by molar-refractivity contribution is 0.256. The van der Waals surface area contributed by atoms with Crippen molar-refractivity contribution in [1.82, 2.24) is 15.0 Å². The number of pyridine rings is 2. The Balaban J connectivity index is 1.65. The second-order valence-corrected chi connectivity index (χ2v) is 6.85. The molecule has 0 atom stereocenters. The highest BCUT2D eigenvalue weighted by atomic mass is 32.1. The van der Waals surface area contributed by atoms with Gasteiger partial charge in [-0.15, -0.1) is 11.3 Å². The van der Waals surface area contributed by atoms with Gasteiger partial charge in [-0.1, -0.05) is 0 Å². The number of hydrogen-bond acceptors (Lipinski definition) is 8. The number of carbonyl (C=O) groups is 1. The molecule has 152 valence electrons. The van der Waals surface area contributed by atoms with Gasteiger partial charge < -0.3 is 19.9 Å². The Morgan fingerprint density at radius 3 is 2.43 bits per heavy atom. The molecule has 0 aliphatic heterocycles. The maximum Gasteiger partial charge on any atom is 0.325 e. The zero-order valence-corrected chi connectivity index (χ0v) is 16.9. The monoisotopic (exact) mass is 423 g/mol. The molecule has 1 aromatic carbocycles. The number of thiazole rings is 1. The minimum atomic E-state index is -0.651. The number of methoxy groups -OCH3 is 2. The first-order chi connectivity index (χ1) is 14.6. The molecule has 4 aromatic rings. The summed E-state index contributed by atoms with van der Waals surface area (Å²) < 4.78 is 16.6. The third kappa shape index (κ3) is 3.67. The quantitative estimate of drug-likeness (QED) is 0.496. The first-order valence-electron chi connectivity index (χ1n) is 8.74. The Morgan fingerprint density at radius 1 is 1.00 bits per heavy atom. The number of ether oxygens (including phenoxy) is 3. The molecule has 0 spiro atoms. The second-order valence-electron chi connectivity index (χ2n) is 5.98. The number of anilines is 2. The number of aromatic nitrogens is 3. The van der Waals surface area contributed by atoms with Crippen molar-refractivity contribution < 1.29 is 19.0 Å². The van der Waals surface area contributed by atoms with Gasteiger partial charge >= 0.3 is 6.03 Å². The molecule has 0 aliphatic carbocycles. The summed E-state index contributed by atoms with van der Waals surface area (Å²) in [6.07, 6.45) is 4.72. The molecule has 0 fully saturated rings. The van der Waals surface area contributed by atoms with Crippen LogP contribution in [0.15, 0.2) is 54.3 Å². The molecule has 3 aromatic heterocycles. The maximum absolute atomic E-state index is 11.9. The fourth-order valence-corrected chi connectivity index (χ4v) is 3.54. The van der Waals surface area contributed by atoms with E-state index in [2.05, 4.69) is 15.0 Å². The minimum Gasteiger partial charge on any atom is -0.493 e. The van der Waals surface area contributed by atoms with Crippen LogP contribution in [0, 0.1) is 0 Å². The van der Waals surface area contributed by atoms with Crippen LogP contribution in [0.25, 0.3) is 10.9 Å². The average molecular weight is 423 g/mol. The van der Waals surface area contributed by atoms with Crippen LogP contribution in [0.2, 0.25) is 0 Å².